The Hall–Kier alpha value is -2.44. The van der Waals surface area contributed by atoms with Crippen molar-refractivity contribution in [2.75, 3.05) is 37.6 Å². The molecule has 0 aliphatic carbocycles. The van der Waals surface area contributed by atoms with E-state index in [0.29, 0.717) is 5.56 Å². The number of rotatable bonds is 5. The monoisotopic (exact) mass is 394 g/mol. The molecular formula is C23H30N4O2. The summed E-state index contributed by atoms with van der Waals surface area (Å²) in [6, 6.07) is 10.5. The Balaban J connectivity index is 1.38. The van der Waals surface area contributed by atoms with Gasteiger partial charge in [0.25, 0.3) is 0 Å². The molecule has 0 spiro atoms. The summed E-state index contributed by atoms with van der Waals surface area (Å²) in [6.45, 7) is 10.4. The van der Waals surface area contributed by atoms with Gasteiger partial charge in [-0.25, -0.2) is 9.78 Å². The average molecular weight is 395 g/mol. The SMILES string of the molecule is CC(C)OC(=O)c1cccnc1N1CCN(Cc2ccc3c(c2)CCNC3)CC1. The molecule has 154 valence electrons. The summed E-state index contributed by atoms with van der Waals surface area (Å²) >= 11 is 0. The van der Waals surface area contributed by atoms with Crippen LogP contribution in [0, 0.1) is 0 Å². The van der Waals surface area contributed by atoms with E-state index in [1.807, 2.05) is 13.8 Å². The summed E-state index contributed by atoms with van der Waals surface area (Å²) in [5.74, 6) is 0.438. The Morgan fingerprint density at radius 1 is 1.17 bits per heavy atom. The number of hydrogen-bond acceptors (Lipinski definition) is 6. The van der Waals surface area contributed by atoms with Gasteiger partial charge in [0.15, 0.2) is 0 Å². The normalized spacial score (nSPS) is 17.3. The number of carbonyl (C=O) groups excluding carboxylic acids is 1. The molecule has 0 unspecified atom stereocenters. The predicted octanol–water partition coefficient (Wildman–Crippen LogP) is 2.61. The van der Waals surface area contributed by atoms with Crippen molar-refractivity contribution in [2.24, 2.45) is 0 Å². The van der Waals surface area contributed by atoms with Crippen LogP contribution in [0.4, 0.5) is 5.82 Å². The molecule has 2 aliphatic rings. The third kappa shape index (κ3) is 4.77. The van der Waals surface area contributed by atoms with Crippen molar-refractivity contribution < 1.29 is 9.53 Å². The summed E-state index contributed by atoms with van der Waals surface area (Å²) in [4.78, 5) is 21.6. The number of hydrogen-bond donors (Lipinski definition) is 1. The highest BCUT2D eigenvalue weighted by Gasteiger charge is 2.24. The minimum Gasteiger partial charge on any atom is -0.459 e. The lowest BCUT2D eigenvalue weighted by molar-refractivity contribution is 0.0378. The fraction of sp³-hybridized carbons (Fsp3) is 0.478. The summed E-state index contributed by atoms with van der Waals surface area (Å²) in [7, 11) is 0. The van der Waals surface area contributed by atoms with Crippen LogP contribution in [0.15, 0.2) is 36.5 Å². The van der Waals surface area contributed by atoms with Crippen molar-refractivity contribution in [3.05, 3.63) is 58.8 Å². The van der Waals surface area contributed by atoms with Crippen LogP contribution in [-0.4, -0.2) is 54.7 Å². The van der Waals surface area contributed by atoms with Crippen molar-refractivity contribution in [1.82, 2.24) is 15.2 Å². The number of esters is 1. The molecule has 1 aromatic heterocycles. The van der Waals surface area contributed by atoms with E-state index in [2.05, 4.69) is 38.3 Å². The van der Waals surface area contributed by atoms with Crippen LogP contribution in [0.2, 0.25) is 0 Å². The van der Waals surface area contributed by atoms with E-state index in [4.69, 9.17) is 4.74 Å². The van der Waals surface area contributed by atoms with Crippen LogP contribution in [0.25, 0.3) is 0 Å². The highest BCUT2D eigenvalue weighted by molar-refractivity contribution is 5.94. The minimum absolute atomic E-state index is 0.139. The second-order valence-corrected chi connectivity index (χ2v) is 8.12. The van der Waals surface area contributed by atoms with Gasteiger partial charge < -0.3 is 15.0 Å². The minimum atomic E-state index is -0.297. The number of carbonyl (C=O) groups is 1. The molecule has 0 atom stereocenters. The Labute approximate surface area is 172 Å². The highest BCUT2D eigenvalue weighted by Crippen LogP contribution is 2.22. The van der Waals surface area contributed by atoms with Crippen LogP contribution < -0.4 is 10.2 Å². The summed E-state index contributed by atoms with van der Waals surface area (Å²) in [6.07, 6.45) is 2.72. The van der Waals surface area contributed by atoms with Gasteiger partial charge in [0.1, 0.15) is 11.4 Å². The van der Waals surface area contributed by atoms with Crippen LogP contribution in [0.5, 0.6) is 0 Å². The maximum atomic E-state index is 12.4. The zero-order chi connectivity index (χ0) is 20.2. The highest BCUT2D eigenvalue weighted by atomic mass is 16.5. The third-order valence-electron chi connectivity index (χ3n) is 5.58. The molecule has 1 aromatic carbocycles. The fourth-order valence-electron chi connectivity index (χ4n) is 4.09. The summed E-state index contributed by atoms with van der Waals surface area (Å²) in [5, 5.41) is 3.43. The maximum Gasteiger partial charge on any atom is 0.342 e. The molecule has 2 aliphatic heterocycles. The number of benzene rings is 1. The quantitative estimate of drug-likeness (QED) is 0.787. The zero-order valence-corrected chi connectivity index (χ0v) is 17.4. The predicted molar refractivity (Wildman–Crippen MR) is 114 cm³/mol. The molecule has 0 bridgehead atoms. The third-order valence-corrected chi connectivity index (χ3v) is 5.58. The van der Waals surface area contributed by atoms with Gasteiger partial charge in [0.05, 0.1) is 6.10 Å². The first-order valence-electron chi connectivity index (χ1n) is 10.5. The van der Waals surface area contributed by atoms with Crippen molar-refractivity contribution >= 4 is 11.8 Å². The first kappa shape index (κ1) is 19.9. The smallest absolute Gasteiger partial charge is 0.342 e. The van der Waals surface area contributed by atoms with Gasteiger partial charge in [0.2, 0.25) is 0 Å². The van der Waals surface area contributed by atoms with Crippen molar-refractivity contribution in [2.45, 2.75) is 39.5 Å². The Kier molecular flexibility index (Phi) is 6.11. The molecule has 29 heavy (non-hydrogen) atoms. The van der Waals surface area contributed by atoms with Gasteiger partial charge >= 0.3 is 5.97 Å². The molecule has 6 nitrogen and oxygen atoms in total. The van der Waals surface area contributed by atoms with Crippen LogP contribution in [-0.2, 0) is 24.2 Å². The molecule has 6 heteroatoms. The number of nitrogens with zero attached hydrogens (tertiary/aromatic N) is 3. The van der Waals surface area contributed by atoms with E-state index in [1.54, 1.807) is 18.3 Å². The lowest BCUT2D eigenvalue weighted by atomic mass is 9.98. The number of ether oxygens (including phenoxy) is 1. The molecule has 1 saturated heterocycles. The lowest BCUT2D eigenvalue weighted by Gasteiger charge is -2.36. The van der Waals surface area contributed by atoms with E-state index in [0.717, 1.165) is 58.1 Å². The molecule has 2 aromatic rings. The Bertz CT molecular complexity index is 860. The number of piperazine rings is 1. The number of aromatic nitrogens is 1. The van der Waals surface area contributed by atoms with Gasteiger partial charge in [-0.1, -0.05) is 18.2 Å². The van der Waals surface area contributed by atoms with Crippen LogP contribution >= 0.6 is 0 Å². The molecular weight excluding hydrogens is 364 g/mol. The van der Waals surface area contributed by atoms with Gasteiger partial charge in [0, 0.05) is 45.5 Å². The molecule has 1 N–H and O–H groups in total. The first-order valence-corrected chi connectivity index (χ1v) is 10.5. The first-order chi connectivity index (χ1) is 14.1. The average Bonchev–Trinajstić information content (AvgIpc) is 2.74. The molecule has 0 radical (unpaired) electrons. The second-order valence-electron chi connectivity index (χ2n) is 8.12. The standard InChI is InChI=1S/C23H30N4O2/c1-17(2)29-23(28)21-4-3-8-25-22(21)27-12-10-26(11-13-27)16-18-5-6-20-15-24-9-7-19(20)14-18/h3-6,8,14,17,24H,7,9-13,15-16H2,1-2H3. The van der Waals surface area contributed by atoms with Crippen LogP contribution in [0.3, 0.4) is 0 Å². The van der Waals surface area contributed by atoms with Gasteiger partial charge in [-0.05, 0) is 55.6 Å². The number of anilines is 1. The largest absolute Gasteiger partial charge is 0.459 e. The summed E-state index contributed by atoms with van der Waals surface area (Å²) in [5.41, 5.74) is 4.86. The maximum absolute atomic E-state index is 12.4. The Morgan fingerprint density at radius 3 is 2.79 bits per heavy atom. The zero-order valence-electron chi connectivity index (χ0n) is 17.4. The second kappa shape index (κ2) is 8.93. The number of fused-ring (bicyclic) bond motifs is 1. The van der Waals surface area contributed by atoms with Gasteiger partial charge in [-0.15, -0.1) is 0 Å². The van der Waals surface area contributed by atoms with Crippen molar-refractivity contribution in [3.8, 4) is 0 Å². The van der Waals surface area contributed by atoms with Crippen molar-refractivity contribution in [1.29, 1.82) is 0 Å². The van der Waals surface area contributed by atoms with E-state index in [1.165, 1.54) is 16.7 Å². The van der Waals surface area contributed by atoms with Crippen LogP contribution in [0.1, 0.15) is 40.9 Å². The topological polar surface area (TPSA) is 57.7 Å². The Morgan fingerprint density at radius 2 is 2.00 bits per heavy atom. The van der Waals surface area contributed by atoms with Crippen molar-refractivity contribution in [3.63, 3.8) is 0 Å². The van der Waals surface area contributed by atoms with E-state index in [9.17, 15) is 4.79 Å². The summed E-state index contributed by atoms with van der Waals surface area (Å²) < 4.78 is 5.39. The lowest BCUT2D eigenvalue weighted by Crippen LogP contribution is -2.46. The molecule has 0 saturated carbocycles. The van der Waals surface area contributed by atoms with Gasteiger partial charge in [-0.2, -0.15) is 0 Å². The number of nitrogens with one attached hydrogen (secondary N) is 1. The fourth-order valence-corrected chi connectivity index (χ4v) is 4.09. The van der Waals surface area contributed by atoms with E-state index < -0.39 is 0 Å². The van der Waals surface area contributed by atoms with Gasteiger partial charge in [-0.3, -0.25) is 4.90 Å². The van der Waals surface area contributed by atoms with E-state index >= 15 is 0 Å². The molecule has 3 heterocycles. The number of pyridine rings is 1. The molecule has 0 amide bonds. The molecule has 1 fully saturated rings. The van der Waals surface area contributed by atoms with E-state index in [-0.39, 0.29) is 12.1 Å². The molecule has 4 rings (SSSR count).